The molecular formula is C39H54O13. The van der Waals surface area contributed by atoms with Gasteiger partial charge in [-0.25, -0.2) is 0 Å². The minimum atomic E-state index is -2.14. The molecule has 0 aromatic heterocycles. The lowest BCUT2D eigenvalue weighted by molar-refractivity contribution is -0.383. The fourth-order valence-corrected chi connectivity index (χ4v) is 13.6. The molecule has 1 aliphatic heterocycles. The Labute approximate surface area is 304 Å². The molecule has 5 fully saturated rings. The molecule has 2 spiro atoms. The lowest BCUT2D eigenvalue weighted by Crippen LogP contribution is -2.86. The highest BCUT2D eigenvalue weighted by Gasteiger charge is 2.92. The largest absolute Gasteiger partial charge is 0.493 e. The second-order valence-electron chi connectivity index (χ2n) is 17.8. The average molecular weight is 731 g/mol. The van der Waals surface area contributed by atoms with Gasteiger partial charge < -0.3 is 33.5 Å². The number of rotatable bonds is 5. The number of esters is 5. The molecule has 14 atom stereocenters. The van der Waals surface area contributed by atoms with Crippen molar-refractivity contribution in [3.8, 4) is 0 Å². The number of aliphatic hydroxyl groups is 1. The molecule has 0 radical (unpaired) electrons. The molecule has 0 aromatic rings. The van der Waals surface area contributed by atoms with Crippen molar-refractivity contribution in [3.05, 3.63) is 11.3 Å². The summed E-state index contributed by atoms with van der Waals surface area (Å²) in [4.78, 5) is 80.3. The number of carbonyl (C=O) groups is 6. The summed E-state index contributed by atoms with van der Waals surface area (Å²) in [7, 11) is 1.46. The third-order valence-corrected chi connectivity index (χ3v) is 15.0. The summed E-state index contributed by atoms with van der Waals surface area (Å²) in [5.41, 5.74) is -9.16. The monoisotopic (exact) mass is 730 g/mol. The first-order valence-electron chi connectivity index (χ1n) is 18.3. The molecule has 1 heterocycles. The molecule has 0 aromatic carbocycles. The van der Waals surface area contributed by atoms with Crippen molar-refractivity contribution in [3.63, 3.8) is 0 Å². The van der Waals surface area contributed by atoms with Crippen molar-refractivity contribution in [1.29, 1.82) is 0 Å². The predicted octanol–water partition coefficient (Wildman–Crippen LogP) is 4.15. The molecule has 13 nitrogen and oxygen atoms in total. The number of methoxy groups -OCH3 is 1. The lowest BCUT2D eigenvalue weighted by Gasteiger charge is -2.73. The Kier molecular flexibility index (Phi) is 8.47. The fourth-order valence-electron chi connectivity index (χ4n) is 13.6. The van der Waals surface area contributed by atoms with Crippen LogP contribution in [0, 0.1) is 44.8 Å². The van der Waals surface area contributed by atoms with Crippen LogP contribution in [-0.4, -0.2) is 83.5 Å². The minimum absolute atomic E-state index is 0.00904. The van der Waals surface area contributed by atoms with Gasteiger partial charge in [-0.05, 0) is 68.8 Å². The van der Waals surface area contributed by atoms with Gasteiger partial charge in [0.05, 0.1) is 23.4 Å². The highest BCUT2D eigenvalue weighted by Crippen LogP contribution is 2.83. The SMILES string of the molecule is COC1=C(C)[C@@]2(C)C[C@@H](OC(C)=O)C3C4([C@@H](C)C[C@@]3(C)C2CC1=O)C12C[C@](C)(C[C@H](OC(C)=O)[C@]1(C)[C@@H](OC(C)=O)[C@@H](OC(C)=O)[C@]4(C)O)C(=O)O2. The van der Waals surface area contributed by atoms with Gasteiger partial charge in [0.15, 0.2) is 23.8 Å². The van der Waals surface area contributed by atoms with E-state index >= 15 is 0 Å². The van der Waals surface area contributed by atoms with Crippen LogP contribution in [0.2, 0.25) is 0 Å². The van der Waals surface area contributed by atoms with Crippen molar-refractivity contribution in [2.45, 2.75) is 144 Å². The lowest BCUT2D eigenvalue weighted by atomic mass is 9.33. The van der Waals surface area contributed by atoms with Crippen molar-refractivity contribution < 1.29 is 62.3 Å². The number of Topliss-reactive ketones (excluding diaryl/α,β-unsaturated/α-hetero) is 1. The Hall–Kier alpha value is -3.48. The van der Waals surface area contributed by atoms with E-state index in [-0.39, 0.29) is 43.1 Å². The van der Waals surface area contributed by atoms with E-state index in [2.05, 4.69) is 6.92 Å². The predicted molar refractivity (Wildman–Crippen MR) is 180 cm³/mol. The highest BCUT2D eigenvalue weighted by molar-refractivity contribution is 5.96. The number of ether oxygens (including phenoxy) is 6. The van der Waals surface area contributed by atoms with E-state index in [4.69, 9.17) is 28.4 Å². The van der Waals surface area contributed by atoms with Gasteiger partial charge in [-0.2, -0.15) is 0 Å². The van der Waals surface area contributed by atoms with Crippen molar-refractivity contribution in [2.75, 3.05) is 7.11 Å². The molecule has 4 unspecified atom stereocenters. The second-order valence-corrected chi connectivity index (χ2v) is 17.8. The Morgan fingerprint density at radius 2 is 1.37 bits per heavy atom. The van der Waals surface area contributed by atoms with Crippen LogP contribution in [0.15, 0.2) is 11.3 Å². The van der Waals surface area contributed by atoms with Gasteiger partial charge in [0.2, 0.25) is 0 Å². The summed E-state index contributed by atoms with van der Waals surface area (Å²) in [6, 6.07) is 0. The average Bonchev–Trinajstić information content (AvgIpc) is 3.39. The van der Waals surface area contributed by atoms with Crippen molar-refractivity contribution >= 4 is 35.6 Å². The van der Waals surface area contributed by atoms with E-state index in [0.717, 1.165) is 5.57 Å². The minimum Gasteiger partial charge on any atom is -0.493 e. The number of carbonyl (C=O) groups excluding carboxylic acids is 6. The van der Waals surface area contributed by atoms with E-state index in [1.54, 1.807) is 13.8 Å². The van der Waals surface area contributed by atoms with Gasteiger partial charge in [0.25, 0.3) is 0 Å². The molecule has 1 saturated heterocycles. The van der Waals surface area contributed by atoms with Crippen molar-refractivity contribution in [2.24, 2.45) is 44.8 Å². The second kappa shape index (κ2) is 11.5. The molecule has 6 rings (SSSR count). The maximum absolute atomic E-state index is 14.4. The van der Waals surface area contributed by atoms with Crippen LogP contribution in [0.5, 0.6) is 0 Å². The number of hydrogen-bond donors (Lipinski definition) is 1. The Balaban J connectivity index is 1.76. The molecule has 52 heavy (non-hydrogen) atoms. The zero-order valence-electron chi connectivity index (χ0n) is 32.4. The first-order valence-corrected chi connectivity index (χ1v) is 18.3. The Morgan fingerprint density at radius 1 is 0.808 bits per heavy atom. The van der Waals surface area contributed by atoms with Gasteiger partial charge in [-0.1, -0.05) is 20.8 Å². The summed E-state index contributed by atoms with van der Waals surface area (Å²) in [5, 5.41) is 13.6. The molecule has 0 amide bonds. The van der Waals surface area contributed by atoms with E-state index < -0.39 is 104 Å². The number of allylic oxidation sites excluding steroid dienone is 2. The molecule has 4 saturated carbocycles. The van der Waals surface area contributed by atoms with Crippen LogP contribution >= 0.6 is 0 Å². The summed E-state index contributed by atoms with van der Waals surface area (Å²) < 4.78 is 37.0. The Morgan fingerprint density at radius 3 is 1.90 bits per heavy atom. The third-order valence-electron chi connectivity index (χ3n) is 15.0. The van der Waals surface area contributed by atoms with Crippen LogP contribution in [0.4, 0.5) is 0 Å². The molecular weight excluding hydrogens is 676 g/mol. The number of fused-ring (bicyclic) bond motifs is 5. The molecule has 13 heteroatoms. The molecule has 5 aliphatic carbocycles. The van der Waals surface area contributed by atoms with Crippen LogP contribution < -0.4 is 0 Å². The molecule has 1 N–H and O–H groups in total. The maximum atomic E-state index is 14.4. The summed E-state index contributed by atoms with van der Waals surface area (Å²) in [6.07, 6.45) is -4.27. The molecule has 288 valence electrons. The van der Waals surface area contributed by atoms with Crippen LogP contribution in [0.25, 0.3) is 0 Å². The van der Waals surface area contributed by atoms with Gasteiger partial charge in [0, 0.05) is 52.9 Å². The Bertz CT molecular complexity index is 1680. The summed E-state index contributed by atoms with van der Waals surface area (Å²) in [6.45, 7) is 17.8. The van der Waals surface area contributed by atoms with E-state index in [9.17, 15) is 33.9 Å². The topological polar surface area (TPSA) is 178 Å². The van der Waals surface area contributed by atoms with Crippen LogP contribution in [-0.2, 0) is 57.2 Å². The smallest absolute Gasteiger partial charge is 0.312 e. The zero-order valence-corrected chi connectivity index (χ0v) is 32.4. The molecule has 6 aliphatic rings. The van der Waals surface area contributed by atoms with Crippen LogP contribution in [0.3, 0.4) is 0 Å². The first-order chi connectivity index (χ1) is 23.9. The van der Waals surface area contributed by atoms with Crippen molar-refractivity contribution in [1.82, 2.24) is 0 Å². The first kappa shape index (κ1) is 38.3. The maximum Gasteiger partial charge on any atom is 0.312 e. The quantitative estimate of drug-likeness (QED) is 0.316. The normalized spacial score (nSPS) is 48.9. The number of ketones is 1. The highest BCUT2D eigenvalue weighted by atomic mass is 16.6. The van der Waals surface area contributed by atoms with Crippen LogP contribution in [0.1, 0.15) is 108 Å². The van der Waals surface area contributed by atoms with Gasteiger partial charge >= 0.3 is 29.8 Å². The summed E-state index contributed by atoms with van der Waals surface area (Å²) in [5.74, 6) is -4.94. The fraction of sp³-hybridized carbons (Fsp3) is 0.795. The van der Waals surface area contributed by atoms with E-state index in [0.29, 0.717) is 6.42 Å². The zero-order chi connectivity index (χ0) is 38.9. The van der Waals surface area contributed by atoms with Gasteiger partial charge in [0.1, 0.15) is 23.4 Å². The molecule has 2 bridgehead atoms. The number of hydrogen-bond acceptors (Lipinski definition) is 13. The van der Waals surface area contributed by atoms with Gasteiger partial charge in [-0.15, -0.1) is 0 Å². The third kappa shape index (κ3) is 4.43. The van der Waals surface area contributed by atoms with Gasteiger partial charge in [-0.3, -0.25) is 28.8 Å². The summed E-state index contributed by atoms with van der Waals surface area (Å²) >= 11 is 0. The standard InChI is InChI=1S/C39H54O13/c1-18-14-35(9)26-13-24(44)28(47-12)19(2)34(26,8)15-25(48-20(3)40)29(35)39(18)37(11,46)31(51-23(6)43)30(50-22(5)42)36(10)27(49-21(4)41)16-33(7)17-38(36,39)52-32(33)45/h18,25-27,29-31,46H,13-17H2,1-12H3/t18-,25+,26?,27-,29?,30-,31+,33-,34+,35-,36+,37-,38?,39?/m0/s1. The van der Waals surface area contributed by atoms with E-state index in [1.165, 1.54) is 41.7 Å². The van der Waals surface area contributed by atoms with E-state index in [1.807, 2.05) is 20.8 Å².